The molecule has 1 aliphatic rings. The van der Waals surface area contributed by atoms with Gasteiger partial charge in [-0.25, -0.2) is 4.98 Å². The molecule has 6 nitrogen and oxygen atoms in total. The zero-order valence-corrected chi connectivity index (χ0v) is 13.1. The van der Waals surface area contributed by atoms with Gasteiger partial charge < -0.3 is 15.2 Å². The van der Waals surface area contributed by atoms with Crippen LogP contribution < -0.4 is 10.6 Å². The van der Waals surface area contributed by atoms with Crippen molar-refractivity contribution >= 4 is 11.8 Å². The Morgan fingerprint density at radius 3 is 3.00 bits per heavy atom. The van der Waals surface area contributed by atoms with Gasteiger partial charge in [0, 0.05) is 25.4 Å². The lowest BCUT2D eigenvalue weighted by atomic mass is 10.0. The van der Waals surface area contributed by atoms with Crippen LogP contribution in [0.2, 0.25) is 0 Å². The van der Waals surface area contributed by atoms with E-state index < -0.39 is 6.04 Å². The summed E-state index contributed by atoms with van der Waals surface area (Å²) in [5.74, 6) is 0.712. The van der Waals surface area contributed by atoms with Crippen molar-refractivity contribution in [2.75, 3.05) is 0 Å². The number of piperidine rings is 1. The van der Waals surface area contributed by atoms with Gasteiger partial charge in [-0.15, -0.1) is 0 Å². The topological polar surface area (TPSA) is 76.0 Å². The smallest absolute Gasteiger partial charge is 0.242 e. The van der Waals surface area contributed by atoms with Crippen LogP contribution >= 0.6 is 0 Å². The summed E-state index contributed by atoms with van der Waals surface area (Å²) >= 11 is 0. The van der Waals surface area contributed by atoms with Gasteiger partial charge in [-0.1, -0.05) is 18.2 Å². The molecule has 1 aromatic carbocycles. The van der Waals surface area contributed by atoms with Crippen LogP contribution in [0, 0.1) is 6.92 Å². The fourth-order valence-electron chi connectivity index (χ4n) is 2.84. The Hall–Kier alpha value is -2.63. The Balaban J connectivity index is 1.70. The summed E-state index contributed by atoms with van der Waals surface area (Å²) in [5.41, 5.74) is 2.00. The maximum atomic E-state index is 12.2. The van der Waals surface area contributed by atoms with Gasteiger partial charge in [0.25, 0.3) is 0 Å². The zero-order valence-electron chi connectivity index (χ0n) is 13.1. The quantitative estimate of drug-likeness (QED) is 0.897. The van der Waals surface area contributed by atoms with E-state index in [9.17, 15) is 9.59 Å². The van der Waals surface area contributed by atoms with Crippen LogP contribution in [-0.4, -0.2) is 27.4 Å². The number of hydrogen-bond acceptors (Lipinski definition) is 3. The van der Waals surface area contributed by atoms with Gasteiger partial charge in [0.15, 0.2) is 0 Å². The van der Waals surface area contributed by atoms with Crippen molar-refractivity contribution < 1.29 is 9.59 Å². The number of amides is 2. The van der Waals surface area contributed by atoms with Gasteiger partial charge in [0.2, 0.25) is 11.8 Å². The zero-order chi connectivity index (χ0) is 16.2. The summed E-state index contributed by atoms with van der Waals surface area (Å²) in [6.45, 7) is 2.35. The van der Waals surface area contributed by atoms with Crippen molar-refractivity contribution in [1.29, 1.82) is 0 Å². The lowest BCUT2D eigenvalue weighted by Gasteiger charge is -2.22. The van der Waals surface area contributed by atoms with E-state index in [2.05, 4.69) is 15.6 Å². The molecular weight excluding hydrogens is 292 g/mol. The number of aryl methyl sites for hydroxylation is 1. The van der Waals surface area contributed by atoms with Crippen molar-refractivity contribution in [2.45, 2.75) is 38.8 Å². The second kappa shape index (κ2) is 6.64. The molecule has 23 heavy (non-hydrogen) atoms. The molecule has 2 N–H and O–H groups in total. The molecule has 0 unspecified atom stereocenters. The minimum atomic E-state index is -0.418. The Bertz CT molecular complexity index is 723. The molecule has 2 aromatic rings. The van der Waals surface area contributed by atoms with Crippen molar-refractivity contribution in [2.24, 2.45) is 0 Å². The summed E-state index contributed by atoms with van der Waals surface area (Å²) in [6, 6.07) is 7.46. The average molecular weight is 312 g/mol. The van der Waals surface area contributed by atoms with Gasteiger partial charge in [-0.3, -0.25) is 9.59 Å². The SMILES string of the molecule is Cc1nccn1-c1ccccc1CNC(=O)[C@@H]1CCCC(=O)N1. The molecular formula is C17H20N4O2. The van der Waals surface area contributed by atoms with Gasteiger partial charge in [0.1, 0.15) is 11.9 Å². The number of para-hydroxylation sites is 1. The Labute approximate surface area is 134 Å². The number of aromatic nitrogens is 2. The molecule has 0 bridgehead atoms. The number of rotatable bonds is 4. The van der Waals surface area contributed by atoms with E-state index in [1.54, 1.807) is 6.20 Å². The average Bonchev–Trinajstić information content (AvgIpc) is 2.99. The van der Waals surface area contributed by atoms with Gasteiger partial charge in [-0.05, 0) is 31.4 Å². The van der Waals surface area contributed by atoms with E-state index in [0.29, 0.717) is 19.4 Å². The predicted octanol–water partition coefficient (Wildman–Crippen LogP) is 1.47. The third-order valence-electron chi connectivity index (χ3n) is 4.08. The molecule has 0 spiro atoms. The predicted molar refractivity (Wildman–Crippen MR) is 85.9 cm³/mol. The van der Waals surface area contributed by atoms with E-state index in [-0.39, 0.29) is 11.8 Å². The van der Waals surface area contributed by atoms with E-state index >= 15 is 0 Å². The van der Waals surface area contributed by atoms with E-state index in [0.717, 1.165) is 23.5 Å². The number of carbonyl (C=O) groups excluding carboxylic acids is 2. The first-order valence-electron chi connectivity index (χ1n) is 7.80. The summed E-state index contributed by atoms with van der Waals surface area (Å²) in [7, 11) is 0. The molecule has 1 aliphatic heterocycles. The van der Waals surface area contributed by atoms with Crippen LogP contribution in [0.1, 0.15) is 30.7 Å². The van der Waals surface area contributed by atoms with E-state index in [4.69, 9.17) is 0 Å². The van der Waals surface area contributed by atoms with Crippen molar-refractivity contribution in [1.82, 2.24) is 20.2 Å². The molecule has 3 rings (SSSR count). The number of benzene rings is 1. The molecule has 1 saturated heterocycles. The highest BCUT2D eigenvalue weighted by Crippen LogP contribution is 2.16. The third kappa shape index (κ3) is 3.41. The standard InChI is InChI=1S/C17H20N4O2/c1-12-18-9-10-21(12)15-7-3-2-5-13(15)11-19-17(23)14-6-4-8-16(22)20-14/h2-3,5,7,9-10,14H,4,6,8,11H2,1H3,(H,19,23)(H,20,22)/t14-/m0/s1. The number of nitrogens with zero attached hydrogens (tertiary/aromatic N) is 2. The monoisotopic (exact) mass is 312 g/mol. The first kappa shape index (κ1) is 15.3. The summed E-state index contributed by atoms with van der Waals surface area (Å²) in [6.07, 6.45) is 5.61. The Morgan fingerprint density at radius 2 is 2.26 bits per heavy atom. The summed E-state index contributed by atoms with van der Waals surface area (Å²) < 4.78 is 1.99. The fourth-order valence-corrected chi connectivity index (χ4v) is 2.84. The molecule has 2 heterocycles. The highest BCUT2D eigenvalue weighted by atomic mass is 16.2. The lowest BCUT2D eigenvalue weighted by Crippen LogP contribution is -2.48. The molecule has 6 heteroatoms. The molecule has 0 radical (unpaired) electrons. The van der Waals surface area contributed by atoms with E-state index in [1.807, 2.05) is 42.0 Å². The van der Waals surface area contributed by atoms with Crippen LogP contribution in [0.3, 0.4) is 0 Å². The molecule has 0 saturated carbocycles. The number of hydrogen-bond donors (Lipinski definition) is 2. The van der Waals surface area contributed by atoms with Crippen molar-refractivity contribution in [3.8, 4) is 5.69 Å². The minimum absolute atomic E-state index is 0.0501. The van der Waals surface area contributed by atoms with Crippen molar-refractivity contribution in [3.05, 3.63) is 48.0 Å². The van der Waals surface area contributed by atoms with Crippen LogP contribution in [0.15, 0.2) is 36.7 Å². The molecule has 120 valence electrons. The summed E-state index contributed by atoms with van der Waals surface area (Å²) in [4.78, 5) is 27.9. The summed E-state index contributed by atoms with van der Waals surface area (Å²) in [5, 5.41) is 5.66. The van der Waals surface area contributed by atoms with Crippen LogP contribution in [-0.2, 0) is 16.1 Å². The Kier molecular flexibility index (Phi) is 4.41. The maximum absolute atomic E-state index is 12.2. The van der Waals surface area contributed by atoms with Crippen molar-refractivity contribution in [3.63, 3.8) is 0 Å². The van der Waals surface area contributed by atoms with Gasteiger partial charge in [-0.2, -0.15) is 0 Å². The maximum Gasteiger partial charge on any atom is 0.242 e. The second-order valence-electron chi connectivity index (χ2n) is 5.70. The molecule has 1 aromatic heterocycles. The largest absolute Gasteiger partial charge is 0.350 e. The molecule has 1 fully saturated rings. The Morgan fingerprint density at radius 1 is 1.43 bits per heavy atom. The number of nitrogens with one attached hydrogen (secondary N) is 2. The van der Waals surface area contributed by atoms with E-state index in [1.165, 1.54) is 0 Å². The molecule has 0 aliphatic carbocycles. The fraction of sp³-hybridized carbons (Fsp3) is 0.353. The third-order valence-corrected chi connectivity index (χ3v) is 4.08. The normalized spacial score (nSPS) is 17.6. The first-order valence-corrected chi connectivity index (χ1v) is 7.80. The van der Waals surface area contributed by atoms with Crippen LogP contribution in [0.4, 0.5) is 0 Å². The highest BCUT2D eigenvalue weighted by molar-refractivity contribution is 5.88. The first-order chi connectivity index (χ1) is 11.1. The van der Waals surface area contributed by atoms with Gasteiger partial charge in [0.05, 0.1) is 5.69 Å². The second-order valence-corrected chi connectivity index (χ2v) is 5.70. The molecule has 1 atom stereocenters. The van der Waals surface area contributed by atoms with Crippen LogP contribution in [0.25, 0.3) is 5.69 Å². The number of carbonyl (C=O) groups is 2. The minimum Gasteiger partial charge on any atom is -0.350 e. The van der Waals surface area contributed by atoms with Gasteiger partial charge >= 0.3 is 0 Å². The molecule has 2 amide bonds. The number of imidazole rings is 1. The lowest BCUT2D eigenvalue weighted by molar-refractivity contribution is -0.131. The highest BCUT2D eigenvalue weighted by Gasteiger charge is 2.24. The van der Waals surface area contributed by atoms with Crippen LogP contribution in [0.5, 0.6) is 0 Å².